The van der Waals surface area contributed by atoms with Crippen LogP contribution in [0.2, 0.25) is 0 Å². The van der Waals surface area contributed by atoms with Gasteiger partial charge in [0.1, 0.15) is 12.8 Å². The fourth-order valence-electron chi connectivity index (χ4n) is 7.87. The second-order valence-corrected chi connectivity index (χ2v) is 10.5. The molecule has 0 amide bonds. The number of ether oxygens (including phenoxy) is 1. The molecule has 8 atom stereocenters. The summed E-state index contributed by atoms with van der Waals surface area (Å²) in [7, 11) is 0. The van der Waals surface area contributed by atoms with E-state index in [1.807, 2.05) is 0 Å². The predicted octanol–water partition coefficient (Wildman–Crippen LogP) is 4.46. The summed E-state index contributed by atoms with van der Waals surface area (Å²) in [6, 6.07) is 0. The maximum absolute atomic E-state index is 15.3. The summed E-state index contributed by atoms with van der Waals surface area (Å²) >= 11 is 0. The summed E-state index contributed by atoms with van der Waals surface area (Å²) in [6.45, 7) is 7.67. The van der Waals surface area contributed by atoms with E-state index in [9.17, 15) is 14.4 Å². The minimum absolute atomic E-state index is 0.0128. The van der Waals surface area contributed by atoms with E-state index in [-0.39, 0.29) is 46.8 Å². The van der Waals surface area contributed by atoms with Crippen molar-refractivity contribution >= 4 is 17.5 Å². The summed E-state index contributed by atoms with van der Waals surface area (Å²) in [5, 5.41) is 0. The zero-order valence-electron chi connectivity index (χ0n) is 18.0. The van der Waals surface area contributed by atoms with Gasteiger partial charge in [-0.3, -0.25) is 14.4 Å². The van der Waals surface area contributed by atoms with Crippen LogP contribution in [-0.2, 0) is 19.1 Å². The van der Waals surface area contributed by atoms with E-state index in [0.717, 1.165) is 31.3 Å². The van der Waals surface area contributed by atoms with Gasteiger partial charge in [0, 0.05) is 19.3 Å². The molecule has 3 saturated carbocycles. The molecule has 0 aromatic carbocycles. The average molecular weight is 405 g/mol. The van der Waals surface area contributed by atoms with Crippen LogP contribution in [0.15, 0.2) is 11.6 Å². The van der Waals surface area contributed by atoms with Crippen LogP contribution in [0.25, 0.3) is 0 Å². The molecule has 4 nitrogen and oxygen atoms in total. The van der Waals surface area contributed by atoms with Crippen molar-refractivity contribution in [1.29, 1.82) is 0 Å². The van der Waals surface area contributed by atoms with Crippen molar-refractivity contribution in [2.75, 3.05) is 6.61 Å². The van der Waals surface area contributed by atoms with Crippen molar-refractivity contribution in [3.05, 3.63) is 11.6 Å². The molecule has 3 fully saturated rings. The lowest BCUT2D eigenvalue weighted by atomic mass is 9.46. The number of ketones is 2. The Morgan fingerprint density at radius 3 is 2.62 bits per heavy atom. The standard InChI is InChI=1S/C24H33FO4/c1-13-9-18-16-11-20(25)19-10-15(27)5-7-23(19,3)17(16)6-8-24(18,4)22(13)21(28)12-29-14(2)26/h10,13,16-18,20,22H,5-9,11-12H2,1-4H3/t13-,16-,17+,18+,20+,22-,23-,24+/m1/s1. The molecule has 0 aromatic rings. The van der Waals surface area contributed by atoms with Gasteiger partial charge in [-0.2, -0.15) is 0 Å². The van der Waals surface area contributed by atoms with E-state index in [2.05, 4.69) is 20.8 Å². The van der Waals surface area contributed by atoms with Crippen molar-refractivity contribution in [3.8, 4) is 0 Å². The molecule has 160 valence electrons. The van der Waals surface area contributed by atoms with E-state index in [4.69, 9.17) is 4.74 Å². The molecule has 29 heavy (non-hydrogen) atoms. The van der Waals surface area contributed by atoms with Crippen LogP contribution in [0.1, 0.15) is 66.2 Å². The molecule has 0 radical (unpaired) electrons. The molecule has 0 unspecified atom stereocenters. The van der Waals surface area contributed by atoms with Gasteiger partial charge in [0.2, 0.25) is 0 Å². The highest BCUT2D eigenvalue weighted by molar-refractivity contribution is 5.92. The van der Waals surface area contributed by atoms with Crippen molar-refractivity contribution in [2.45, 2.75) is 72.4 Å². The summed E-state index contributed by atoms with van der Waals surface area (Å²) in [6.07, 6.45) is 5.10. The number of halogens is 1. The Kier molecular flexibility index (Phi) is 5.02. The van der Waals surface area contributed by atoms with Crippen molar-refractivity contribution in [2.24, 2.45) is 40.4 Å². The number of esters is 1. The first-order valence-corrected chi connectivity index (χ1v) is 11.1. The molecule has 0 saturated heterocycles. The van der Waals surface area contributed by atoms with Crippen LogP contribution in [0.5, 0.6) is 0 Å². The van der Waals surface area contributed by atoms with E-state index in [1.165, 1.54) is 6.92 Å². The monoisotopic (exact) mass is 404 g/mol. The first-order chi connectivity index (χ1) is 13.6. The lowest BCUT2D eigenvalue weighted by Gasteiger charge is -2.58. The van der Waals surface area contributed by atoms with Crippen LogP contribution < -0.4 is 0 Å². The number of hydrogen-bond acceptors (Lipinski definition) is 4. The SMILES string of the molecule is CC(=O)OCC(=O)[C@H]1[C@H](C)C[C@H]2[C@@H]3C[C@H](F)C4=CC(=O)CC[C@]4(C)[C@H]3CC[C@@]21C. The minimum Gasteiger partial charge on any atom is -0.458 e. The van der Waals surface area contributed by atoms with Gasteiger partial charge in [-0.15, -0.1) is 0 Å². The molecule has 4 rings (SSSR count). The fraction of sp³-hybridized carbons (Fsp3) is 0.792. The summed E-state index contributed by atoms with van der Waals surface area (Å²) < 4.78 is 20.3. The van der Waals surface area contributed by atoms with Gasteiger partial charge in [-0.1, -0.05) is 20.8 Å². The van der Waals surface area contributed by atoms with E-state index in [1.54, 1.807) is 6.08 Å². The van der Waals surface area contributed by atoms with Crippen LogP contribution in [-0.4, -0.2) is 30.3 Å². The number of allylic oxidation sites excluding steroid dienone is 1. The van der Waals surface area contributed by atoms with Gasteiger partial charge in [-0.05, 0) is 78.3 Å². The highest BCUT2D eigenvalue weighted by Crippen LogP contribution is 2.68. The Hall–Kier alpha value is -1.52. The highest BCUT2D eigenvalue weighted by Gasteiger charge is 2.63. The van der Waals surface area contributed by atoms with Gasteiger partial charge < -0.3 is 4.74 Å². The van der Waals surface area contributed by atoms with E-state index < -0.39 is 12.1 Å². The first-order valence-electron chi connectivity index (χ1n) is 11.1. The Balaban J connectivity index is 1.63. The maximum atomic E-state index is 15.3. The molecule has 0 bridgehead atoms. The number of hydrogen-bond donors (Lipinski definition) is 0. The molecular weight excluding hydrogens is 371 g/mol. The molecule has 0 aromatic heterocycles. The number of fused-ring (bicyclic) bond motifs is 5. The molecule has 0 N–H and O–H groups in total. The second kappa shape index (κ2) is 7.02. The Labute approximate surface area is 172 Å². The van der Waals surface area contributed by atoms with E-state index in [0.29, 0.717) is 24.7 Å². The largest absolute Gasteiger partial charge is 0.458 e. The predicted molar refractivity (Wildman–Crippen MR) is 107 cm³/mol. The van der Waals surface area contributed by atoms with Crippen LogP contribution in [0.3, 0.4) is 0 Å². The number of rotatable bonds is 3. The molecule has 0 spiro atoms. The van der Waals surface area contributed by atoms with Gasteiger partial charge in [0.15, 0.2) is 11.6 Å². The van der Waals surface area contributed by atoms with E-state index >= 15 is 4.39 Å². The van der Waals surface area contributed by atoms with Crippen molar-refractivity contribution in [3.63, 3.8) is 0 Å². The lowest BCUT2D eigenvalue weighted by Crippen LogP contribution is -2.53. The lowest BCUT2D eigenvalue weighted by molar-refractivity contribution is -0.150. The summed E-state index contributed by atoms with van der Waals surface area (Å²) in [5.74, 6) is 0.641. The number of Topliss-reactive ketones (excluding diaryl/α,β-unsaturated/α-hetero) is 1. The zero-order valence-corrected chi connectivity index (χ0v) is 18.0. The Bertz CT molecular complexity index is 773. The van der Waals surface area contributed by atoms with Crippen LogP contribution in [0, 0.1) is 40.4 Å². The quantitative estimate of drug-likeness (QED) is 0.652. The normalized spacial score (nSPS) is 46.2. The second-order valence-electron chi connectivity index (χ2n) is 10.5. The number of alkyl halides is 1. The minimum atomic E-state index is -1.06. The van der Waals surface area contributed by atoms with Gasteiger partial charge in [-0.25, -0.2) is 4.39 Å². The fourth-order valence-corrected chi connectivity index (χ4v) is 7.87. The number of carbonyl (C=O) groups excluding carboxylic acids is 3. The highest BCUT2D eigenvalue weighted by atomic mass is 19.1. The molecule has 4 aliphatic carbocycles. The Morgan fingerprint density at radius 1 is 1.21 bits per heavy atom. The van der Waals surface area contributed by atoms with Gasteiger partial charge in [0.25, 0.3) is 0 Å². The molecule has 0 heterocycles. The molecule has 0 aliphatic heterocycles. The van der Waals surface area contributed by atoms with Gasteiger partial charge >= 0.3 is 5.97 Å². The van der Waals surface area contributed by atoms with Crippen LogP contribution >= 0.6 is 0 Å². The maximum Gasteiger partial charge on any atom is 0.303 e. The summed E-state index contributed by atoms with van der Waals surface area (Å²) in [4.78, 5) is 36.1. The topological polar surface area (TPSA) is 60.4 Å². The Morgan fingerprint density at radius 2 is 1.93 bits per heavy atom. The molecule has 5 heteroatoms. The zero-order chi connectivity index (χ0) is 21.1. The van der Waals surface area contributed by atoms with Crippen LogP contribution in [0.4, 0.5) is 4.39 Å². The smallest absolute Gasteiger partial charge is 0.303 e. The molecular formula is C24H33FO4. The average Bonchev–Trinajstić information content (AvgIpc) is 2.92. The van der Waals surface area contributed by atoms with Crippen molar-refractivity contribution < 1.29 is 23.5 Å². The summed E-state index contributed by atoms with van der Waals surface area (Å²) in [5.41, 5.74) is 0.326. The third-order valence-electron chi connectivity index (χ3n) is 9.05. The van der Waals surface area contributed by atoms with Gasteiger partial charge in [0.05, 0.1) is 0 Å². The molecule has 4 aliphatic rings. The third kappa shape index (κ3) is 3.11. The third-order valence-corrected chi connectivity index (χ3v) is 9.05. The first kappa shape index (κ1) is 20.7. The van der Waals surface area contributed by atoms with Crippen molar-refractivity contribution in [1.82, 2.24) is 0 Å². The number of carbonyl (C=O) groups is 3.